The molecule has 4 heteroatoms. The molecule has 0 aliphatic carbocycles. The van der Waals surface area contributed by atoms with Crippen LogP contribution in [0.5, 0.6) is 0 Å². The predicted molar refractivity (Wildman–Crippen MR) is 55.0 cm³/mol. The van der Waals surface area contributed by atoms with Crippen molar-refractivity contribution in [3.63, 3.8) is 0 Å². The summed E-state index contributed by atoms with van der Waals surface area (Å²) in [6, 6.07) is 0. The second-order valence-electron chi connectivity index (χ2n) is 3.12. The predicted octanol–water partition coefficient (Wildman–Crippen LogP) is 1.24. The second kappa shape index (κ2) is 2.77. The van der Waals surface area contributed by atoms with Gasteiger partial charge in [0.05, 0.1) is 0 Å². The highest BCUT2D eigenvalue weighted by Gasteiger charge is 2.19. The Morgan fingerprint density at radius 3 is 3.29 bits per heavy atom. The van der Waals surface area contributed by atoms with Gasteiger partial charge in [-0.25, -0.2) is 15.0 Å². The van der Waals surface area contributed by atoms with Crippen molar-refractivity contribution < 1.29 is 0 Å². The largest absolute Gasteiger partial charge is 0.306 e. The maximum absolute atomic E-state index is 4.27. The molecule has 0 atom stereocenters. The van der Waals surface area contributed by atoms with Crippen molar-refractivity contribution >= 4 is 17.7 Å². The number of rotatable bonds is 0. The van der Waals surface area contributed by atoms with Crippen LogP contribution in [0.4, 0.5) is 5.82 Å². The molecule has 0 N–H and O–H groups in total. The van der Waals surface area contributed by atoms with Crippen LogP contribution >= 0.6 is 0 Å². The van der Waals surface area contributed by atoms with Gasteiger partial charge in [-0.05, 0) is 18.2 Å². The van der Waals surface area contributed by atoms with E-state index in [1.165, 1.54) is 0 Å². The minimum Gasteiger partial charge on any atom is -0.306 e. The van der Waals surface area contributed by atoms with E-state index in [1.54, 1.807) is 6.33 Å². The van der Waals surface area contributed by atoms with E-state index in [0.717, 1.165) is 23.8 Å². The number of aromatic nitrogens is 2. The van der Waals surface area contributed by atoms with Crippen molar-refractivity contribution in [2.24, 2.45) is 4.99 Å². The highest BCUT2D eigenvalue weighted by atomic mass is 15.2. The van der Waals surface area contributed by atoms with Crippen molar-refractivity contribution in [3.8, 4) is 0 Å². The molecule has 0 fully saturated rings. The third kappa shape index (κ3) is 0.970. The van der Waals surface area contributed by atoms with Crippen molar-refractivity contribution in [2.45, 2.75) is 0 Å². The lowest BCUT2D eigenvalue weighted by molar-refractivity contribution is 1.02. The Balaban J connectivity index is 2.18. The Bertz CT molecular complexity index is 459. The second-order valence-corrected chi connectivity index (χ2v) is 3.12. The third-order valence-electron chi connectivity index (χ3n) is 2.26. The smallest absolute Gasteiger partial charge is 0.145 e. The van der Waals surface area contributed by atoms with Crippen LogP contribution < -0.4 is 4.90 Å². The molecule has 0 spiro atoms. The van der Waals surface area contributed by atoms with E-state index in [4.69, 9.17) is 0 Å². The maximum atomic E-state index is 4.27. The molecule has 0 saturated heterocycles. The van der Waals surface area contributed by atoms with Gasteiger partial charge in [-0.15, -0.1) is 0 Å². The topological polar surface area (TPSA) is 41.4 Å². The lowest BCUT2D eigenvalue weighted by Gasteiger charge is -2.27. The minimum absolute atomic E-state index is 0.827. The van der Waals surface area contributed by atoms with Gasteiger partial charge in [0.25, 0.3) is 0 Å². The molecule has 14 heavy (non-hydrogen) atoms. The molecule has 1 aromatic rings. The molecule has 3 rings (SSSR count). The third-order valence-corrected chi connectivity index (χ3v) is 2.26. The Hall–Kier alpha value is -1.97. The highest BCUT2D eigenvalue weighted by Crippen LogP contribution is 2.24. The first-order valence-electron chi connectivity index (χ1n) is 4.43. The van der Waals surface area contributed by atoms with Gasteiger partial charge in [-0.3, -0.25) is 0 Å². The van der Waals surface area contributed by atoms with Gasteiger partial charge in [0.2, 0.25) is 0 Å². The molecule has 68 valence electrons. The number of hydrogen-bond acceptors (Lipinski definition) is 4. The van der Waals surface area contributed by atoms with Gasteiger partial charge in [0.1, 0.15) is 18.0 Å². The van der Waals surface area contributed by atoms with Crippen molar-refractivity contribution in [2.75, 3.05) is 11.4 Å². The summed E-state index contributed by atoms with van der Waals surface area (Å²) in [5, 5.41) is 0. The van der Waals surface area contributed by atoms with E-state index < -0.39 is 0 Å². The van der Waals surface area contributed by atoms with Crippen LogP contribution in [0.2, 0.25) is 0 Å². The maximum Gasteiger partial charge on any atom is 0.145 e. The molecule has 0 aromatic carbocycles. The van der Waals surface area contributed by atoms with Gasteiger partial charge in [-0.1, -0.05) is 0 Å². The summed E-state index contributed by atoms with van der Waals surface area (Å²) in [7, 11) is 0. The van der Waals surface area contributed by atoms with E-state index in [-0.39, 0.29) is 0 Å². The number of fused-ring (bicyclic) bond motifs is 3. The van der Waals surface area contributed by atoms with Crippen molar-refractivity contribution in [3.05, 3.63) is 36.4 Å². The van der Waals surface area contributed by atoms with Crippen LogP contribution in [0.1, 0.15) is 5.56 Å². The first kappa shape index (κ1) is 7.44. The van der Waals surface area contributed by atoms with Crippen LogP contribution in [-0.2, 0) is 0 Å². The van der Waals surface area contributed by atoms with E-state index >= 15 is 0 Å². The van der Waals surface area contributed by atoms with E-state index in [2.05, 4.69) is 19.9 Å². The molecule has 0 bridgehead atoms. The Labute approximate surface area is 81.3 Å². The molecule has 3 heterocycles. The van der Waals surface area contributed by atoms with Gasteiger partial charge in [0.15, 0.2) is 0 Å². The van der Waals surface area contributed by atoms with E-state index in [1.807, 2.05) is 30.6 Å². The molecule has 4 nitrogen and oxygen atoms in total. The summed E-state index contributed by atoms with van der Waals surface area (Å²) in [5.41, 5.74) is 1.04. The Morgan fingerprint density at radius 1 is 1.29 bits per heavy atom. The quantitative estimate of drug-likeness (QED) is 0.609. The summed E-state index contributed by atoms with van der Waals surface area (Å²) >= 11 is 0. The molecule has 0 radical (unpaired) electrons. The van der Waals surface area contributed by atoms with Crippen molar-refractivity contribution in [1.29, 1.82) is 0 Å². The fourth-order valence-corrected chi connectivity index (χ4v) is 1.61. The lowest BCUT2D eigenvalue weighted by atomic mass is 10.2. The summed E-state index contributed by atoms with van der Waals surface area (Å²) in [4.78, 5) is 14.6. The average molecular weight is 184 g/mol. The van der Waals surface area contributed by atoms with Crippen LogP contribution in [-0.4, -0.2) is 22.3 Å². The first-order chi connectivity index (χ1) is 6.95. The molecular weight excluding hydrogens is 176 g/mol. The van der Waals surface area contributed by atoms with Crippen molar-refractivity contribution in [1.82, 2.24) is 9.97 Å². The van der Waals surface area contributed by atoms with Crippen LogP contribution in [0.25, 0.3) is 6.08 Å². The van der Waals surface area contributed by atoms with Crippen LogP contribution in [0.3, 0.4) is 0 Å². The minimum atomic E-state index is 0.827. The number of hydrogen-bond donors (Lipinski definition) is 0. The Kier molecular flexibility index (Phi) is 1.47. The van der Waals surface area contributed by atoms with Crippen LogP contribution in [0, 0.1) is 0 Å². The Morgan fingerprint density at radius 2 is 2.29 bits per heavy atom. The normalized spacial score (nSPS) is 17.4. The van der Waals surface area contributed by atoms with Gasteiger partial charge < -0.3 is 4.90 Å². The molecular formula is C10H8N4. The number of aliphatic imine (C=N–C) groups is 1. The van der Waals surface area contributed by atoms with E-state index in [0.29, 0.717) is 0 Å². The molecule has 1 aromatic heterocycles. The number of anilines is 1. The molecule has 0 amide bonds. The fraction of sp³-hybridized carbons (Fsp3) is 0.100. The monoisotopic (exact) mass is 184 g/mol. The summed E-state index contributed by atoms with van der Waals surface area (Å²) in [6.45, 7) is 0.827. The highest BCUT2D eigenvalue weighted by molar-refractivity contribution is 6.11. The number of nitrogens with zero attached hydrogens (tertiary/aromatic N) is 4. The van der Waals surface area contributed by atoms with Gasteiger partial charge in [0, 0.05) is 24.5 Å². The van der Waals surface area contributed by atoms with Gasteiger partial charge in [-0.2, -0.15) is 0 Å². The zero-order valence-corrected chi connectivity index (χ0v) is 7.46. The average Bonchev–Trinajstić information content (AvgIpc) is 2.29. The van der Waals surface area contributed by atoms with Gasteiger partial charge >= 0.3 is 0 Å². The summed E-state index contributed by atoms with van der Waals surface area (Å²) < 4.78 is 0. The van der Waals surface area contributed by atoms with E-state index in [9.17, 15) is 0 Å². The molecule has 2 aliphatic rings. The molecule has 0 saturated carbocycles. The molecule has 2 aliphatic heterocycles. The number of amidine groups is 1. The SMILES string of the molecule is C1=CN=C2C=Cc3cncnc3N2C1. The zero-order valence-electron chi connectivity index (χ0n) is 7.46. The lowest BCUT2D eigenvalue weighted by Crippen LogP contribution is -2.34. The first-order valence-corrected chi connectivity index (χ1v) is 4.43. The fourth-order valence-electron chi connectivity index (χ4n) is 1.61. The summed E-state index contributed by atoms with van der Waals surface area (Å²) in [6.07, 6.45) is 11.2. The standard InChI is InChI=1S/C10H8N4/c1-4-12-9-3-2-8-6-11-7-13-10(8)14(9)5-1/h1-4,6-7H,5H2. The van der Waals surface area contributed by atoms with Crippen LogP contribution in [0.15, 0.2) is 35.9 Å². The molecule has 0 unspecified atom stereocenters. The summed E-state index contributed by atoms with van der Waals surface area (Å²) in [5.74, 6) is 1.88. The zero-order chi connectivity index (χ0) is 9.38.